The molecule has 2 aromatic rings. The van der Waals surface area contributed by atoms with E-state index in [9.17, 15) is 0 Å². The maximum Gasteiger partial charge on any atom is 0.266 e. The van der Waals surface area contributed by atoms with Gasteiger partial charge in [0, 0.05) is 18.1 Å². The second-order valence-corrected chi connectivity index (χ2v) is 3.39. The lowest BCUT2D eigenvalue weighted by atomic mass is 10.0. The van der Waals surface area contributed by atoms with Gasteiger partial charge < -0.3 is 5.53 Å². The van der Waals surface area contributed by atoms with Crippen LogP contribution in [0.3, 0.4) is 0 Å². The monoisotopic (exact) mass is 195 g/mol. The number of nitrogens with zero attached hydrogens (tertiary/aromatic N) is 2. The van der Waals surface area contributed by atoms with Gasteiger partial charge in [-0.1, -0.05) is 48.5 Å². The van der Waals surface area contributed by atoms with Gasteiger partial charge in [0.2, 0.25) is 0 Å². The van der Waals surface area contributed by atoms with Crippen LogP contribution in [0.4, 0.5) is 5.69 Å². The van der Waals surface area contributed by atoms with Crippen molar-refractivity contribution in [3.8, 4) is 0 Å². The van der Waals surface area contributed by atoms with Crippen molar-refractivity contribution in [3.05, 3.63) is 71.3 Å². The predicted molar refractivity (Wildman–Crippen MR) is 60.8 cm³/mol. The van der Waals surface area contributed by atoms with Gasteiger partial charge in [0.1, 0.15) is 0 Å². The Morgan fingerprint density at radius 2 is 1.53 bits per heavy atom. The highest BCUT2D eigenvalue weighted by Gasteiger charge is 2.06. The summed E-state index contributed by atoms with van der Waals surface area (Å²) in [5.41, 5.74) is 11.7. The zero-order valence-electron chi connectivity index (χ0n) is 8.30. The molecule has 2 nitrogen and oxygen atoms in total. The summed E-state index contributed by atoms with van der Waals surface area (Å²) in [7, 11) is 0. The largest absolute Gasteiger partial charge is 0.424 e. The van der Waals surface area contributed by atoms with Gasteiger partial charge >= 0.3 is 0 Å². The summed E-state index contributed by atoms with van der Waals surface area (Å²) in [6.07, 6.45) is 0.793. The molecular weight excluding hydrogens is 184 g/mol. The average Bonchev–Trinajstić information content (AvgIpc) is 2.31. The molecule has 0 unspecified atom stereocenters. The molecule has 0 aliphatic heterocycles. The van der Waals surface area contributed by atoms with Gasteiger partial charge in [0.05, 0.1) is 0 Å². The molecule has 0 amide bonds. The molecule has 0 saturated carbocycles. The molecule has 2 aromatic carbocycles. The molecule has 1 radical (unpaired) electrons. The Morgan fingerprint density at radius 3 is 2.27 bits per heavy atom. The zero-order chi connectivity index (χ0) is 10.5. The molecule has 2 heteroatoms. The Bertz CT molecular complexity index is 449. The lowest BCUT2D eigenvalue weighted by molar-refractivity contribution is 1.16. The molecule has 0 saturated heterocycles. The van der Waals surface area contributed by atoms with Crippen molar-refractivity contribution in [3.63, 3.8) is 0 Å². The normalized spacial score (nSPS) is 9.87. The molecule has 0 fully saturated rings. The molecule has 0 atom stereocenters. The van der Waals surface area contributed by atoms with Crippen LogP contribution >= 0.6 is 0 Å². The Morgan fingerprint density at radius 1 is 0.867 bits per heavy atom. The first-order valence-corrected chi connectivity index (χ1v) is 4.87. The quantitative estimate of drug-likeness (QED) is 0.674. The van der Waals surface area contributed by atoms with Crippen LogP contribution in [-0.2, 0) is 6.42 Å². The predicted octanol–water partition coefficient (Wildman–Crippen LogP) is 3.27. The Kier molecular flexibility index (Phi) is 2.88. The van der Waals surface area contributed by atoms with E-state index in [2.05, 4.69) is 17.2 Å². The van der Waals surface area contributed by atoms with Crippen molar-refractivity contribution in [1.29, 1.82) is 0 Å². The van der Waals surface area contributed by atoms with Crippen molar-refractivity contribution < 1.29 is 0 Å². The molecule has 0 bridgehead atoms. The summed E-state index contributed by atoms with van der Waals surface area (Å²) >= 11 is 0. The van der Waals surface area contributed by atoms with Gasteiger partial charge in [-0.2, -0.15) is 0 Å². The van der Waals surface area contributed by atoms with Gasteiger partial charge in [-0.15, -0.1) is 0 Å². The summed E-state index contributed by atoms with van der Waals surface area (Å²) in [6.45, 7) is 0. The van der Waals surface area contributed by atoms with Crippen LogP contribution in [0.25, 0.3) is 5.53 Å². The van der Waals surface area contributed by atoms with E-state index in [-0.39, 0.29) is 0 Å². The fraction of sp³-hybridized carbons (Fsp3) is 0.0769. The topological polar surface area (TPSA) is 36.4 Å². The fourth-order valence-electron chi connectivity index (χ4n) is 1.57. The Hall–Kier alpha value is -1.96. The first-order valence-electron chi connectivity index (χ1n) is 4.87. The van der Waals surface area contributed by atoms with Crippen molar-refractivity contribution in [2.24, 2.45) is 0 Å². The molecule has 0 heterocycles. The van der Waals surface area contributed by atoms with Crippen LogP contribution in [-0.4, -0.2) is 0 Å². The van der Waals surface area contributed by atoms with E-state index >= 15 is 0 Å². The number of benzene rings is 2. The second kappa shape index (κ2) is 4.51. The summed E-state index contributed by atoms with van der Waals surface area (Å²) in [5, 5.41) is 3.27. The Labute approximate surface area is 89.1 Å². The first kappa shape index (κ1) is 9.59. The maximum atomic E-state index is 8.82. The lowest BCUT2D eigenvalue weighted by Gasteiger charge is -2.00. The van der Waals surface area contributed by atoms with Crippen LogP contribution in [0.15, 0.2) is 54.6 Å². The smallest absolute Gasteiger partial charge is 0.266 e. The molecule has 0 spiro atoms. The summed E-state index contributed by atoms with van der Waals surface area (Å²) < 4.78 is 0. The fourth-order valence-corrected chi connectivity index (χ4v) is 1.57. The Balaban J connectivity index is 2.28. The van der Waals surface area contributed by atoms with E-state index in [1.165, 1.54) is 5.56 Å². The van der Waals surface area contributed by atoms with E-state index < -0.39 is 0 Å². The van der Waals surface area contributed by atoms with Gasteiger partial charge in [0.15, 0.2) is 0 Å². The third-order valence-electron chi connectivity index (χ3n) is 2.34. The highest BCUT2D eigenvalue weighted by atomic mass is 15.0. The average molecular weight is 195 g/mol. The number of hydrogen-bond acceptors (Lipinski definition) is 1. The third kappa shape index (κ3) is 2.29. The van der Waals surface area contributed by atoms with Crippen molar-refractivity contribution >= 4 is 5.69 Å². The molecule has 0 aromatic heterocycles. The first-order chi connectivity index (χ1) is 7.40. The van der Waals surface area contributed by atoms with Crippen LogP contribution in [0.1, 0.15) is 11.1 Å². The van der Waals surface area contributed by atoms with E-state index in [0.29, 0.717) is 5.69 Å². The number of rotatable bonds is 3. The summed E-state index contributed by atoms with van der Waals surface area (Å²) in [6, 6.07) is 17.7. The van der Waals surface area contributed by atoms with Crippen molar-refractivity contribution in [2.75, 3.05) is 0 Å². The molecule has 0 N–H and O–H groups in total. The van der Waals surface area contributed by atoms with Crippen LogP contribution in [0.5, 0.6) is 0 Å². The summed E-state index contributed by atoms with van der Waals surface area (Å²) in [5.74, 6) is 0. The number of hydrogen-bond donors (Lipinski definition) is 0. The SMILES string of the molecule is [N-]=[N+]c1ccccc1Cc1ccccc1. The second-order valence-electron chi connectivity index (χ2n) is 3.39. The zero-order valence-corrected chi connectivity index (χ0v) is 8.30. The van der Waals surface area contributed by atoms with Crippen LogP contribution in [0, 0.1) is 0 Å². The molecule has 73 valence electrons. The van der Waals surface area contributed by atoms with Gasteiger partial charge in [0.25, 0.3) is 5.69 Å². The van der Waals surface area contributed by atoms with Crippen LogP contribution < -0.4 is 5.11 Å². The molecule has 15 heavy (non-hydrogen) atoms. The van der Waals surface area contributed by atoms with Crippen molar-refractivity contribution in [1.82, 2.24) is 5.11 Å². The van der Waals surface area contributed by atoms with E-state index in [1.807, 2.05) is 36.4 Å². The third-order valence-corrected chi connectivity index (χ3v) is 2.34. The molecule has 0 aliphatic rings. The minimum Gasteiger partial charge on any atom is -0.424 e. The molecule has 2 rings (SSSR count). The van der Waals surface area contributed by atoms with E-state index in [4.69, 9.17) is 5.53 Å². The standard InChI is InChI=1S/C13H11N2/c14-15-13-9-5-4-8-12(13)10-11-6-2-1-3-7-11/h1-9H,10H2. The van der Waals surface area contributed by atoms with Crippen molar-refractivity contribution in [2.45, 2.75) is 6.42 Å². The van der Waals surface area contributed by atoms with E-state index in [0.717, 1.165) is 12.0 Å². The van der Waals surface area contributed by atoms with Gasteiger partial charge in [-0.25, -0.2) is 0 Å². The van der Waals surface area contributed by atoms with Crippen LogP contribution in [0.2, 0.25) is 0 Å². The highest BCUT2D eigenvalue weighted by molar-refractivity contribution is 5.46. The molecular formula is C13H11N2. The molecule has 0 aliphatic carbocycles. The van der Waals surface area contributed by atoms with Gasteiger partial charge in [-0.05, 0) is 10.7 Å². The minimum absolute atomic E-state index is 0.640. The highest BCUT2D eigenvalue weighted by Crippen LogP contribution is 2.17. The van der Waals surface area contributed by atoms with Gasteiger partial charge in [-0.3, -0.25) is 0 Å². The van der Waals surface area contributed by atoms with E-state index in [1.54, 1.807) is 6.07 Å². The summed E-state index contributed by atoms with van der Waals surface area (Å²) in [4.78, 5) is 0. The lowest BCUT2D eigenvalue weighted by Crippen LogP contribution is -1.90. The maximum absolute atomic E-state index is 8.82. The minimum atomic E-state index is 0.640.